The molecule has 2 heterocycles. The molecule has 0 saturated heterocycles. The Labute approximate surface area is 105 Å². The van der Waals surface area contributed by atoms with Gasteiger partial charge in [-0.05, 0) is 19.9 Å². The number of hydrogen-bond acceptors (Lipinski definition) is 2. The molecule has 0 atom stereocenters. The van der Waals surface area contributed by atoms with Gasteiger partial charge in [0.25, 0.3) is 0 Å². The predicted molar refractivity (Wildman–Crippen MR) is 74.4 cm³/mol. The highest BCUT2D eigenvalue weighted by atomic mass is 15.3. The predicted octanol–water partition coefficient (Wildman–Crippen LogP) is 2.77. The maximum atomic E-state index is 6.05. The van der Waals surface area contributed by atoms with Crippen molar-refractivity contribution in [2.75, 3.05) is 5.73 Å². The largest absolute Gasteiger partial charge is 0.382 e. The van der Waals surface area contributed by atoms with Gasteiger partial charge in [-0.2, -0.15) is 5.10 Å². The standard InChI is InChI=1S/C14H16N4/c1-8-12(10-6-4-5-7-11(10)16-8)13-9(2)18(3)17-14(13)15/h4-7,16H,1-3H3,(H2,15,17). The molecule has 3 N–H and O–H groups in total. The smallest absolute Gasteiger partial charge is 0.153 e. The van der Waals surface area contributed by atoms with Gasteiger partial charge in [0.2, 0.25) is 0 Å². The maximum Gasteiger partial charge on any atom is 0.153 e. The number of nitrogens with one attached hydrogen (secondary N) is 1. The van der Waals surface area contributed by atoms with E-state index in [0.717, 1.165) is 28.0 Å². The van der Waals surface area contributed by atoms with Crippen molar-refractivity contribution >= 4 is 16.7 Å². The summed E-state index contributed by atoms with van der Waals surface area (Å²) in [7, 11) is 1.92. The number of nitrogens with zero attached hydrogens (tertiary/aromatic N) is 2. The van der Waals surface area contributed by atoms with Crippen LogP contribution in [0.15, 0.2) is 24.3 Å². The van der Waals surface area contributed by atoms with Crippen LogP contribution in [-0.2, 0) is 7.05 Å². The second-order valence-electron chi connectivity index (χ2n) is 4.64. The molecular formula is C14H16N4. The van der Waals surface area contributed by atoms with Crippen LogP contribution in [0.2, 0.25) is 0 Å². The Bertz CT molecular complexity index is 734. The van der Waals surface area contributed by atoms with Crippen LogP contribution in [-0.4, -0.2) is 14.8 Å². The van der Waals surface area contributed by atoms with E-state index >= 15 is 0 Å². The number of aromatic nitrogens is 3. The van der Waals surface area contributed by atoms with Crippen molar-refractivity contribution in [1.82, 2.24) is 14.8 Å². The number of nitrogens with two attached hydrogens (primary N) is 1. The monoisotopic (exact) mass is 240 g/mol. The Hall–Kier alpha value is -2.23. The van der Waals surface area contributed by atoms with Gasteiger partial charge in [-0.15, -0.1) is 0 Å². The molecule has 0 aliphatic carbocycles. The van der Waals surface area contributed by atoms with E-state index in [2.05, 4.69) is 29.1 Å². The molecule has 0 unspecified atom stereocenters. The van der Waals surface area contributed by atoms with Gasteiger partial charge in [0.1, 0.15) is 0 Å². The number of aryl methyl sites for hydroxylation is 2. The average molecular weight is 240 g/mol. The van der Waals surface area contributed by atoms with Crippen molar-refractivity contribution in [3.63, 3.8) is 0 Å². The fourth-order valence-corrected chi connectivity index (χ4v) is 2.54. The van der Waals surface area contributed by atoms with Gasteiger partial charge in [0, 0.05) is 40.5 Å². The number of hydrogen-bond donors (Lipinski definition) is 2. The summed E-state index contributed by atoms with van der Waals surface area (Å²) in [6, 6.07) is 8.26. The van der Waals surface area contributed by atoms with E-state index in [9.17, 15) is 0 Å². The fourth-order valence-electron chi connectivity index (χ4n) is 2.54. The second-order valence-corrected chi connectivity index (χ2v) is 4.64. The van der Waals surface area contributed by atoms with Gasteiger partial charge < -0.3 is 10.7 Å². The number of aromatic amines is 1. The van der Waals surface area contributed by atoms with E-state index in [1.165, 1.54) is 5.39 Å². The minimum atomic E-state index is 0.586. The summed E-state index contributed by atoms with van der Waals surface area (Å²) in [4.78, 5) is 3.40. The SMILES string of the molecule is Cc1[nH]c2ccccc2c1-c1c(N)nn(C)c1C. The number of para-hydroxylation sites is 1. The first-order valence-electron chi connectivity index (χ1n) is 5.96. The molecule has 2 aromatic heterocycles. The Balaban J connectivity index is 2.41. The highest BCUT2D eigenvalue weighted by Gasteiger charge is 2.18. The minimum absolute atomic E-state index is 0.586. The quantitative estimate of drug-likeness (QED) is 0.687. The molecule has 1 aromatic carbocycles. The number of nitrogen functional groups attached to an aromatic ring is 1. The van der Waals surface area contributed by atoms with Gasteiger partial charge in [-0.3, -0.25) is 4.68 Å². The molecule has 0 aliphatic rings. The molecule has 4 nitrogen and oxygen atoms in total. The topological polar surface area (TPSA) is 59.6 Å². The number of H-pyrrole nitrogens is 1. The van der Waals surface area contributed by atoms with Crippen LogP contribution in [0.1, 0.15) is 11.4 Å². The molecule has 3 rings (SSSR count). The Kier molecular flexibility index (Phi) is 2.20. The highest BCUT2D eigenvalue weighted by Crippen LogP contribution is 2.36. The normalized spacial score (nSPS) is 11.3. The Morgan fingerprint density at radius 1 is 1.17 bits per heavy atom. The van der Waals surface area contributed by atoms with Crippen LogP contribution < -0.4 is 5.73 Å². The molecular weight excluding hydrogens is 224 g/mol. The summed E-state index contributed by atoms with van der Waals surface area (Å²) < 4.78 is 1.83. The summed E-state index contributed by atoms with van der Waals surface area (Å²) in [5.41, 5.74) is 11.6. The van der Waals surface area contributed by atoms with Crippen LogP contribution in [0, 0.1) is 13.8 Å². The summed E-state index contributed by atoms with van der Waals surface area (Å²) >= 11 is 0. The second kappa shape index (κ2) is 3.63. The summed E-state index contributed by atoms with van der Waals surface area (Å²) in [5, 5.41) is 5.49. The highest BCUT2D eigenvalue weighted by molar-refractivity contribution is 6.00. The molecule has 92 valence electrons. The van der Waals surface area contributed by atoms with E-state index < -0.39 is 0 Å². The van der Waals surface area contributed by atoms with Crippen molar-refractivity contribution in [3.8, 4) is 11.1 Å². The molecule has 4 heteroatoms. The molecule has 0 spiro atoms. The first-order valence-corrected chi connectivity index (χ1v) is 5.96. The van der Waals surface area contributed by atoms with E-state index in [1.54, 1.807) is 0 Å². The molecule has 0 aliphatic heterocycles. The maximum absolute atomic E-state index is 6.05. The van der Waals surface area contributed by atoms with Crippen LogP contribution >= 0.6 is 0 Å². The van der Waals surface area contributed by atoms with Crippen LogP contribution in [0.5, 0.6) is 0 Å². The summed E-state index contributed by atoms with van der Waals surface area (Å²) in [6.07, 6.45) is 0. The van der Waals surface area contributed by atoms with E-state index in [1.807, 2.05) is 30.8 Å². The molecule has 0 radical (unpaired) electrons. The number of benzene rings is 1. The average Bonchev–Trinajstić information content (AvgIpc) is 2.77. The first kappa shape index (κ1) is 10.9. The van der Waals surface area contributed by atoms with E-state index in [-0.39, 0.29) is 0 Å². The summed E-state index contributed by atoms with van der Waals surface area (Å²) in [6.45, 7) is 4.11. The van der Waals surface area contributed by atoms with Crippen LogP contribution in [0.4, 0.5) is 5.82 Å². The third kappa shape index (κ3) is 1.35. The van der Waals surface area contributed by atoms with E-state index in [4.69, 9.17) is 5.73 Å². The molecule has 0 fully saturated rings. The zero-order valence-corrected chi connectivity index (χ0v) is 10.8. The molecule has 18 heavy (non-hydrogen) atoms. The third-order valence-electron chi connectivity index (χ3n) is 3.50. The fraction of sp³-hybridized carbons (Fsp3) is 0.214. The van der Waals surface area contributed by atoms with Crippen molar-refractivity contribution in [1.29, 1.82) is 0 Å². The molecule has 0 saturated carbocycles. The van der Waals surface area contributed by atoms with Crippen molar-refractivity contribution < 1.29 is 0 Å². The van der Waals surface area contributed by atoms with Crippen molar-refractivity contribution in [2.45, 2.75) is 13.8 Å². The number of anilines is 1. The minimum Gasteiger partial charge on any atom is -0.382 e. The van der Waals surface area contributed by atoms with Crippen LogP contribution in [0.3, 0.4) is 0 Å². The number of fused-ring (bicyclic) bond motifs is 1. The van der Waals surface area contributed by atoms with E-state index in [0.29, 0.717) is 5.82 Å². The van der Waals surface area contributed by atoms with Gasteiger partial charge in [0.15, 0.2) is 5.82 Å². The van der Waals surface area contributed by atoms with Crippen molar-refractivity contribution in [2.24, 2.45) is 7.05 Å². The zero-order chi connectivity index (χ0) is 12.9. The zero-order valence-electron chi connectivity index (χ0n) is 10.8. The number of rotatable bonds is 1. The van der Waals surface area contributed by atoms with Crippen LogP contribution in [0.25, 0.3) is 22.0 Å². The lowest BCUT2D eigenvalue weighted by atomic mass is 10.0. The molecule has 3 aromatic rings. The Morgan fingerprint density at radius 2 is 1.89 bits per heavy atom. The van der Waals surface area contributed by atoms with Gasteiger partial charge in [-0.25, -0.2) is 0 Å². The van der Waals surface area contributed by atoms with Gasteiger partial charge in [-0.1, -0.05) is 18.2 Å². The van der Waals surface area contributed by atoms with Crippen molar-refractivity contribution in [3.05, 3.63) is 35.7 Å². The lowest BCUT2D eigenvalue weighted by Crippen LogP contribution is -1.93. The third-order valence-corrected chi connectivity index (χ3v) is 3.50. The first-order chi connectivity index (χ1) is 8.59. The lowest BCUT2D eigenvalue weighted by molar-refractivity contribution is 0.744. The van der Waals surface area contributed by atoms with Gasteiger partial charge in [0.05, 0.1) is 0 Å². The lowest BCUT2D eigenvalue weighted by Gasteiger charge is -2.02. The van der Waals surface area contributed by atoms with Gasteiger partial charge >= 0.3 is 0 Å². The Morgan fingerprint density at radius 3 is 2.56 bits per heavy atom. The summed E-state index contributed by atoms with van der Waals surface area (Å²) in [5.74, 6) is 0.586. The molecule has 0 amide bonds. The molecule has 0 bridgehead atoms.